The maximum Gasteiger partial charge on any atom is 0.253 e. The van der Waals surface area contributed by atoms with Gasteiger partial charge in [0.25, 0.3) is 5.91 Å². The number of fused-ring (bicyclic) bond motifs is 1. The fourth-order valence-corrected chi connectivity index (χ4v) is 2.59. The number of carbonyl (C=O) groups is 1. The fourth-order valence-electron chi connectivity index (χ4n) is 2.59. The molecule has 2 aliphatic heterocycles. The Kier molecular flexibility index (Phi) is 4.45. The summed E-state index contributed by atoms with van der Waals surface area (Å²) >= 11 is 0. The van der Waals surface area contributed by atoms with Crippen LogP contribution in [0.3, 0.4) is 0 Å². The van der Waals surface area contributed by atoms with E-state index in [0.29, 0.717) is 13.2 Å². The zero-order chi connectivity index (χ0) is 12.5. The zero-order valence-corrected chi connectivity index (χ0v) is 11.6. The Balaban J connectivity index is 0.00000133. The van der Waals surface area contributed by atoms with Crippen LogP contribution in [-0.2, 0) is 18.0 Å². The van der Waals surface area contributed by atoms with Crippen LogP contribution in [0.25, 0.3) is 0 Å². The standard InChI is InChI=1S/C14H18N2O2.ClH/c15-13-3-5-16(6-4-13)14(17)10-1-2-11-8-18-9-12(11)7-10;/h1-2,7,13H,3-6,8-9,15H2;1H. The van der Waals surface area contributed by atoms with E-state index in [1.807, 2.05) is 23.1 Å². The summed E-state index contributed by atoms with van der Waals surface area (Å²) in [6, 6.07) is 6.14. The van der Waals surface area contributed by atoms with Gasteiger partial charge in [-0.2, -0.15) is 0 Å². The number of piperidine rings is 1. The van der Waals surface area contributed by atoms with Crippen molar-refractivity contribution in [2.24, 2.45) is 5.73 Å². The maximum atomic E-state index is 12.4. The molecule has 0 bridgehead atoms. The van der Waals surface area contributed by atoms with E-state index < -0.39 is 0 Å². The number of likely N-dealkylation sites (tertiary alicyclic amines) is 1. The van der Waals surface area contributed by atoms with E-state index in [1.54, 1.807) is 0 Å². The molecule has 0 unspecified atom stereocenters. The Morgan fingerprint density at radius 2 is 1.89 bits per heavy atom. The summed E-state index contributed by atoms with van der Waals surface area (Å²) in [6.07, 6.45) is 1.81. The van der Waals surface area contributed by atoms with Gasteiger partial charge in [-0.25, -0.2) is 0 Å². The normalized spacial score (nSPS) is 18.9. The number of nitrogens with zero attached hydrogens (tertiary/aromatic N) is 1. The molecule has 1 aromatic rings. The monoisotopic (exact) mass is 282 g/mol. The van der Waals surface area contributed by atoms with Gasteiger partial charge in [0.05, 0.1) is 13.2 Å². The lowest BCUT2D eigenvalue weighted by Crippen LogP contribution is -2.42. The van der Waals surface area contributed by atoms with Crippen molar-refractivity contribution in [2.45, 2.75) is 32.1 Å². The Morgan fingerprint density at radius 1 is 1.21 bits per heavy atom. The molecular formula is C14H19ClN2O2. The van der Waals surface area contributed by atoms with Crippen molar-refractivity contribution in [1.29, 1.82) is 0 Å². The summed E-state index contributed by atoms with van der Waals surface area (Å²) in [4.78, 5) is 14.3. The van der Waals surface area contributed by atoms with Crippen molar-refractivity contribution in [2.75, 3.05) is 13.1 Å². The molecule has 19 heavy (non-hydrogen) atoms. The first kappa shape index (κ1) is 14.3. The van der Waals surface area contributed by atoms with E-state index in [1.165, 1.54) is 5.56 Å². The van der Waals surface area contributed by atoms with Gasteiger partial charge in [0, 0.05) is 24.7 Å². The highest BCUT2D eigenvalue weighted by molar-refractivity contribution is 5.94. The van der Waals surface area contributed by atoms with E-state index in [9.17, 15) is 4.79 Å². The Bertz CT molecular complexity index is 471. The van der Waals surface area contributed by atoms with E-state index in [4.69, 9.17) is 10.5 Å². The summed E-state index contributed by atoms with van der Waals surface area (Å²) in [7, 11) is 0. The molecule has 0 spiro atoms. The molecular weight excluding hydrogens is 264 g/mol. The highest BCUT2D eigenvalue weighted by Gasteiger charge is 2.22. The molecule has 0 atom stereocenters. The van der Waals surface area contributed by atoms with Crippen LogP contribution in [0.2, 0.25) is 0 Å². The number of ether oxygens (including phenoxy) is 1. The molecule has 0 saturated carbocycles. The van der Waals surface area contributed by atoms with Crippen LogP contribution >= 0.6 is 12.4 Å². The molecule has 0 radical (unpaired) electrons. The van der Waals surface area contributed by atoms with Gasteiger partial charge in [0.1, 0.15) is 0 Å². The van der Waals surface area contributed by atoms with Gasteiger partial charge in [0.15, 0.2) is 0 Å². The van der Waals surface area contributed by atoms with Crippen molar-refractivity contribution < 1.29 is 9.53 Å². The highest BCUT2D eigenvalue weighted by atomic mass is 35.5. The number of carbonyl (C=O) groups excluding carboxylic acids is 1. The molecule has 1 amide bonds. The van der Waals surface area contributed by atoms with Gasteiger partial charge < -0.3 is 15.4 Å². The Morgan fingerprint density at radius 3 is 2.63 bits per heavy atom. The largest absolute Gasteiger partial charge is 0.372 e. The summed E-state index contributed by atoms with van der Waals surface area (Å²) in [5, 5.41) is 0. The van der Waals surface area contributed by atoms with E-state index in [-0.39, 0.29) is 24.4 Å². The van der Waals surface area contributed by atoms with Gasteiger partial charge in [-0.3, -0.25) is 4.79 Å². The number of hydrogen-bond donors (Lipinski definition) is 1. The second-order valence-electron chi connectivity index (χ2n) is 5.11. The topological polar surface area (TPSA) is 55.6 Å². The second-order valence-corrected chi connectivity index (χ2v) is 5.11. The van der Waals surface area contributed by atoms with E-state index in [0.717, 1.165) is 37.1 Å². The third kappa shape index (κ3) is 2.91. The molecule has 1 aromatic carbocycles. The Hall–Kier alpha value is -1.10. The van der Waals surface area contributed by atoms with Crippen molar-refractivity contribution >= 4 is 18.3 Å². The van der Waals surface area contributed by atoms with Gasteiger partial charge in [0.2, 0.25) is 0 Å². The van der Waals surface area contributed by atoms with Crippen molar-refractivity contribution in [3.8, 4) is 0 Å². The van der Waals surface area contributed by atoms with E-state index in [2.05, 4.69) is 0 Å². The van der Waals surface area contributed by atoms with Crippen LogP contribution in [0.15, 0.2) is 18.2 Å². The average molecular weight is 283 g/mol. The summed E-state index contributed by atoms with van der Waals surface area (Å²) in [5.74, 6) is 0.122. The molecule has 2 aliphatic rings. The molecule has 2 heterocycles. The molecule has 0 aliphatic carbocycles. The van der Waals surface area contributed by atoms with Gasteiger partial charge in [-0.1, -0.05) is 6.07 Å². The minimum absolute atomic E-state index is 0. The lowest BCUT2D eigenvalue weighted by atomic mass is 10.0. The summed E-state index contributed by atoms with van der Waals surface area (Å²) < 4.78 is 5.37. The summed E-state index contributed by atoms with van der Waals surface area (Å²) in [6.45, 7) is 2.84. The molecule has 3 rings (SSSR count). The van der Waals surface area contributed by atoms with E-state index >= 15 is 0 Å². The average Bonchev–Trinajstić information content (AvgIpc) is 2.86. The second kappa shape index (κ2) is 5.90. The number of amides is 1. The van der Waals surface area contributed by atoms with Crippen LogP contribution < -0.4 is 5.73 Å². The molecule has 1 saturated heterocycles. The first-order valence-electron chi connectivity index (χ1n) is 6.48. The number of nitrogens with two attached hydrogens (primary N) is 1. The van der Waals surface area contributed by atoms with Crippen molar-refractivity contribution in [1.82, 2.24) is 4.90 Å². The minimum atomic E-state index is 0. The third-order valence-corrected chi connectivity index (χ3v) is 3.80. The minimum Gasteiger partial charge on any atom is -0.372 e. The predicted octanol–water partition coefficient (Wildman–Crippen LogP) is 1.70. The van der Waals surface area contributed by atoms with Gasteiger partial charge in [-0.05, 0) is 36.1 Å². The summed E-state index contributed by atoms with van der Waals surface area (Å²) in [5.41, 5.74) is 8.98. The zero-order valence-electron chi connectivity index (χ0n) is 10.8. The quantitative estimate of drug-likeness (QED) is 0.853. The van der Waals surface area contributed by atoms with Gasteiger partial charge in [-0.15, -0.1) is 12.4 Å². The molecule has 5 heteroatoms. The van der Waals surface area contributed by atoms with Crippen molar-refractivity contribution in [3.05, 3.63) is 34.9 Å². The maximum absolute atomic E-state index is 12.4. The van der Waals surface area contributed by atoms with Crippen molar-refractivity contribution in [3.63, 3.8) is 0 Å². The number of hydrogen-bond acceptors (Lipinski definition) is 3. The predicted molar refractivity (Wildman–Crippen MR) is 75.3 cm³/mol. The lowest BCUT2D eigenvalue weighted by molar-refractivity contribution is 0.0714. The third-order valence-electron chi connectivity index (χ3n) is 3.80. The molecule has 4 nitrogen and oxygen atoms in total. The number of rotatable bonds is 1. The molecule has 1 fully saturated rings. The van der Waals surface area contributed by atoms with Crippen LogP contribution in [0.1, 0.15) is 34.3 Å². The first-order chi connectivity index (χ1) is 8.74. The molecule has 2 N–H and O–H groups in total. The number of benzene rings is 1. The SMILES string of the molecule is Cl.NC1CCN(C(=O)c2ccc3c(c2)COC3)CC1. The van der Waals surface area contributed by atoms with Crippen LogP contribution in [0.5, 0.6) is 0 Å². The molecule has 0 aromatic heterocycles. The highest BCUT2D eigenvalue weighted by Crippen LogP contribution is 2.22. The smallest absolute Gasteiger partial charge is 0.253 e. The van der Waals surface area contributed by atoms with Crippen LogP contribution in [-0.4, -0.2) is 29.9 Å². The first-order valence-corrected chi connectivity index (χ1v) is 6.48. The lowest BCUT2D eigenvalue weighted by Gasteiger charge is -2.30. The van der Waals surface area contributed by atoms with Crippen LogP contribution in [0, 0.1) is 0 Å². The number of halogens is 1. The van der Waals surface area contributed by atoms with Crippen LogP contribution in [0.4, 0.5) is 0 Å². The fraction of sp³-hybridized carbons (Fsp3) is 0.500. The Labute approximate surface area is 119 Å². The van der Waals surface area contributed by atoms with Gasteiger partial charge >= 0.3 is 0 Å². The molecule has 104 valence electrons.